The molecule has 20 heavy (non-hydrogen) atoms. The molecule has 0 unspecified atom stereocenters. The zero-order chi connectivity index (χ0) is 14.6. The van der Waals surface area contributed by atoms with Crippen molar-refractivity contribution in [2.45, 2.75) is 56.5 Å². The van der Waals surface area contributed by atoms with Gasteiger partial charge in [-0.25, -0.2) is 13.1 Å². The molecule has 0 aromatic heterocycles. The van der Waals surface area contributed by atoms with Gasteiger partial charge >= 0.3 is 0 Å². The highest BCUT2D eigenvalue weighted by Gasteiger charge is 2.39. The molecule has 0 spiro atoms. The Hall–Kier alpha value is -0.910. The molecule has 0 radical (unpaired) electrons. The summed E-state index contributed by atoms with van der Waals surface area (Å²) in [5, 5.41) is 3.19. The van der Waals surface area contributed by atoms with Gasteiger partial charge in [-0.2, -0.15) is 0 Å². The number of nitrogens with one attached hydrogen (secondary N) is 2. The molecular weight excluding hydrogens is 272 g/mol. The summed E-state index contributed by atoms with van der Waals surface area (Å²) in [6.45, 7) is 5.45. The lowest BCUT2D eigenvalue weighted by Crippen LogP contribution is -2.52. The Balaban J connectivity index is 2.25. The Labute approximate surface area is 122 Å². The van der Waals surface area contributed by atoms with Crippen LogP contribution in [0.1, 0.15) is 45.1 Å². The van der Waals surface area contributed by atoms with Gasteiger partial charge in [0.15, 0.2) is 0 Å². The molecular formula is C15H24N2O2S. The molecule has 2 N–H and O–H groups in total. The number of sulfonamides is 1. The van der Waals surface area contributed by atoms with Crippen molar-refractivity contribution in [3.05, 3.63) is 29.8 Å². The maximum Gasteiger partial charge on any atom is 0.241 e. The highest BCUT2D eigenvalue weighted by Crippen LogP contribution is 2.36. The molecule has 0 amide bonds. The van der Waals surface area contributed by atoms with Crippen LogP contribution in [0.3, 0.4) is 0 Å². The van der Waals surface area contributed by atoms with Crippen molar-refractivity contribution in [3.8, 4) is 0 Å². The second-order valence-corrected chi connectivity index (χ2v) is 7.13. The Morgan fingerprint density at radius 2 is 1.90 bits per heavy atom. The third-order valence-electron chi connectivity index (χ3n) is 4.17. The van der Waals surface area contributed by atoms with Crippen LogP contribution in [-0.4, -0.2) is 20.5 Å². The first-order chi connectivity index (χ1) is 9.53. The number of hydrogen-bond donors (Lipinski definition) is 2. The molecule has 0 aliphatic heterocycles. The largest absolute Gasteiger partial charge is 0.313 e. The van der Waals surface area contributed by atoms with Crippen LogP contribution in [0, 0.1) is 0 Å². The van der Waals surface area contributed by atoms with Gasteiger partial charge in [-0.3, -0.25) is 0 Å². The smallest absolute Gasteiger partial charge is 0.241 e. The third kappa shape index (κ3) is 3.22. The zero-order valence-electron chi connectivity index (χ0n) is 12.3. The second-order valence-electron chi connectivity index (χ2n) is 5.48. The van der Waals surface area contributed by atoms with E-state index in [0.717, 1.165) is 37.8 Å². The molecule has 1 aliphatic rings. The van der Waals surface area contributed by atoms with Crippen LogP contribution in [0.25, 0.3) is 0 Å². The van der Waals surface area contributed by atoms with E-state index in [1.165, 1.54) is 0 Å². The van der Waals surface area contributed by atoms with E-state index in [1.807, 2.05) is 26.0 Å². The van der Waals surface area contributed by atoms with Gasteiger partial charge in [-0.05, 0) is 43.9 Å². The Bertz CT molecular complexity index is 545. The first kappa shape index (κ1) is 15.5. The van der Waals surface area contributed by atoms with E-state index in [0.29, 0.717) is 11.4 Å². The third-order valence-corrected chi connectivity index (χ3v) is 5.84. The quantitative estimate of drug-likeness (QED) is 0.812. The average molecular weight is 296 g/mol. The molecule has 0 saturated heterocycles. The summed E-state index contributed by atoms with van der Waals surface area (Å²) in [5.74, 6) is 0. The van der Waals surface area contributed by atoms with Gasteiger partial charge in [0.1, 0.15) is 0 Å². The molecule has 1 aromatic rings. The number of hydrogen-bond acceptors (Lipinski definition) is 3. The van der Waals surface area contributed by atoms with Gasteiger partial charge in [0.05, 0.1) is 4.90 Å². The van der Waals surface area contributed by atoms with Crippen LogP contribution in [0.5, 0.6) is 0 Å². The summed E-state index contributed by atoms with van der Waals surface area (Å²) >= 11 is 0. The summed E-state index contributed by atoms with van der Waals surface area (Å²) < 4.78 is 28.2. The van der Waals surface area contributed by atoms with E-state index < -0.39 is 10.0 Å². The van der Waals surface area contributed by atoms with Crippen LogP contribution in [0.4, 0.5) is 0 Å². The summed E-state index contributed by atoms with van der Waals surface area (Å²) in [5.41, 5.74) is 0.608. The molecule has 1 aromatic carbocycles. The van der Waals surface area contributed by atoms with Gasteiger partial charge in [0.25, 0.3) is 0 Å². The molecule has 4 nitrogen and oxygen atoms in total. The first-order valence-electron chi connectivity index (χ1n) is 7.35. The van der Waals surface area contributed by atoms with Gasteiger partial charge in [-0.1, -0.05) is 32.0 Å². The van der Waals surface area contributed by atoms with Gasteiger partial charge in [0, 0.05) is 12.1 Å². The fraction of sp³-hybridized carbons (Fsp3) is 0.600. The normalized spacial score (nSPS) is 17.7. The molecule has 0 heterocycles. The monoisotopic (exact) mass is 296 g/mol. The Morgan fingerprint density at radius 1 is 1.20 bits per heavy atom. The Kier molecular flexibility index (Phi) is 4.83. The lowest BCUT2D eigenvalue weighted by atomic mass is 9.76. The highest BCUT2D eigenvalue weighted by molar-refractivity contribution is 7.89. The average Bonchev–Trinajstić information content (AvgIpc) is 2.41. The van der Waals surface area contributed by atoms with Crippen molar-refractivity contribution in [2.75, 3.05) is 6.54 Å². The predicted octanol–water partition coefficient (Wildman–Crippen LogP) is 2.41. The van der Waals surface area contributed by atoms with Crippen molar-refractivity contribution in [3.63, 3.8) is 0 Å². The molecule has 0 bridgehead atoms. The first-order valence-corrected chi connectivity index (χ1v) is 8.84. The lowest BCUT2D eigenvalue weighted by Gasteiger charge is -2.41. The molecule has 1 aliphatic carbocycles. The minimum absolute atomic E-state index is 0.218. The van der Waals surface area contributed by atoms with Crippen LogP contribution in [-0.2, 0) is 16.6 Å². The highest BCUT2D eigenvalue weighted by atomic mass is 32.2. The second kappa shape index (κ2) is 6.24. The van der Waals surface area contributed by atoms with Crippen molar-refractivity contribution in [2.24, 2.45) is 0 Å². The SMILES string of the molecule is CCNCc1ccccc1S(=O)(=O)NC1(CC)CCC1. The van der Waals surface area contributed by atoms with Gasteiger partial charge in [-0.15, -0.1) is 0 Å². The molecule has 112 valence electrons. The van der Waals surface area contributed by atoms with Crippen LogP contribution >= 0.6 is 0 Å². The standard InChI is InChI=1S/C15H24N2O2S/c1-3-15(10-7-11-15)17-20(18,19)14-9-6-5-8-13(14)12-16-4-2/h5-6,8-9,16-17H,3-4,7,10-12H2,1-2H3. The topological polar surface area (TPSA) is 58.2 Å². The molecule has 1 fully saturated rings. The van der Waals surface area contributed by atoms with Gasteiger partial charge in [0.2, 0.25) is 10.0 Å². The number of rotatable bonds is 7. The van der Waals surface area contributed by atoms with Crippen molar-refractivity contribution in [1.29, 1.82) is 0 Å². The molecule has 0 atom stereocenters. The van der Waals surface area contributed by atoms with E-state index >= 15 is 0 Å². The minimum atomic E-state index is -3.44. The fourth-order valence-corrected chi connectivity index (χ4v) is 4.41. The molecule has 2 rings (SSSR count). The minimum Gasteiger partial charge on any atom is -0.313 e. The van der Waals surface area contributed by atoms with Gasteiger partial charge < -0.3 is 5.32 Å². The summed E-state index contributed by atoms with van der Waals surface area (Å²) in [4.78, 5) is 0.403. The lowest BCUT2D eigenvalue weighted by molar-refractivity contribution is 0.214. The van der Waals surface area contributed by atoms with E-state index in [1.54, 1.807) is 12.1 Å². The van der Waals surface area contributed by atoms with Crippen LogP contribution in [0.15, 0.2) is 29.2 Å². The number of benzene rings is 1. The van der Waals surface area contributed by atoms with Crippen LogP contribution in [0.2, 0.25) is 0 Å². The van der Waals surface area contributed by atoms with E-state index in [9.17, 15) is 8.42 Å². The zero-order valence-corrected chi connectivity index (χ0v) is 13.1. The molecule has 5 heteroatoms. The summed E-state index contributed by atoms with van der Waals surface area (Å²) in [6, 6.07) is 7.22. The molecule has 1 saturated carbocycles. The van der Waals surface area contributed by atoms with E-state index in [2.05, 4.69) is 10.0 Å². The van der Waals surface area contributed by atoms with Crippen LogP contribution < -0.4 is 10.0 Å². The maximum atomic E-state index is 12.6. The predicted molar refractivity (Wildman–Crippen MR) is 81.0 cm³/mol. The fourth-order valence-electron chi connectivity index (χ4n) is 2.64. The van der Waals surface area contributed by atoms with E-state index in [4.69, 9.17) is 0 Å². The van der Waals surface area contributed by atoms with Crippen molar-refractivity contribution < 1.29 is 8.42 Å². The summed E-state index contributed by atoms with van der Waals surface area (Å²) in [6.07, 6.45) is 3.84. The summed E-state index contributed by atoms with van der Waals surface area (Å²) in [7, 11) is -3.44. The van der Waals surface area contributed by atoms with E-state index in [-0.39, 0.29) is 5.54 Å². The maximum absolute atomic E-state index is 12.6. The Morgan fingerprint density at radius 3 is 2.45 bits per heavy atom. The van der Waals surface area contributed by atoms with Crippen molar-refractivity contribution in [1.82, 2.24) is 10.0 Å². The van der Waals surface area contributed by atoms with Crippen molar-refractivity contribution >= 4 is 10.0 Å².